The van der Waals surface area contributed by atoms with Gasteiger partial charge in [0, 0.05) is 6.54 Å². The van der Waals surface area contributed by atoms with Gasteiger partial charge in [0.1, 0.15) is 0 Å². The minimum atomic E-state index is -5.64. The molecule has 1 N–H and O–H groups in total. The molecular weight excluding hydrogens is 240 g/mol. The van der Waals surface area contributed by atoms with E-state index < -0.39 is 24.2 Å². The van der Waals surface area contributed by atoms with Crippen LogP contribution in [-0.2, 0) is 4.79 Å². The summed E-state index contributed by atoms with van der Waals surface area (Å²) in [4.78, 5) is 10.7. The molecule has 2 nitrogen and oxygen atoms in total. The number of rotatable bonds is 4. The van der Waals surface area contributed by atoms with Crippen molar-refractivity contribution >= 4 is 5.91 Å². The first-order valence-corrected chi connectivity index (χ1v) is 4.12. The van der Waals surface area contributed by atoms with Crippen LogP contribution < -0.4 is 5.32 Å². The van der Waals surface area contributed by atoms with Gasteiger partial charge in [0.2, 0.25) is 11.8 Å². The van der Waals surface area contributed by atoms with Crippen molar-refractivity contribution in [1.82, 2.24) is 5.32 Å². The third-order valence-electron chi connectivity index (χ3n) is 1.56. The Kier molecular flexibility index (Phi) is 4.82. The molecule has 0 radical (unpaired) electrons. The van der Waals surface area contributed by atoms with Crippen molar-refractivity contribution in [2.45, 2.75) is 18.8 Å². The lowest BCUT2D eigenvalue weighted by Crippen LogP contribution is -2.48. The number of hydrogen-bond donors (Lipinski definition) is 1. The van der Waals surface area contributed by atoms with E-state index in [4.69, 9.17) is 0 Å². The lowest BCUT2D eigenvalue weighted by Gasteiger charge is -2.21. The van der Waals surface area contributed by atoms with Crippen molar-refractivity contribution in [3.63, 3.8) is 0 Å². The molecule has 0 aromatic rings. The molecule has 0 aliphatic rings. The Balaban J connectivity index is 4.66. The van der Waals surface area contributed by atoms with Crippen molar-refractivity contribution in [3.05, 3.63) is 12.7 Å². The summed E-state index contributed by atoms with van der Waals surface area (Å²) in [6, 6.07) is 0. The van der Waals surface area contributed by atoms with Crippen LogP contribution in [-0.4, -0.2) is 24.8 Å². The van der Waals surface area contributed by atoms with Gasteiger partial charge in [0.25, 0.3) is 0 Å². The van der Waals surface area contributed by atoms with E-state index in [1.807, 2.05) is 0 Å². The summed E-state index contributed by atoms with van der Waals surface area (Å²) in [6.45, 7) is 2.89. The fourth-order valence-corrected chi connectivity index (χ4v) is 0.882. The van der Waals surface area contributed by atoms with Gasteiger partial charge in [0.15, 0.2) is 0 Å². The van der Waals surface area contributed by atoms with E-state index in [2.05, 4.69) is 6.58 Å². The highest BCUT2D eigenvalue weighted by Crippen LogP contribution is 2.39. The molecule has 0 spiro atoms. The Morgan fingerprint density at radius 1 is 1.19 bits per heavy atom. The zero-order chi connectivity index (χ0) is 13.0. The number of alkyl halides is 6. The second-order valence-electron chi connectivity index (χ2n) is 2.88. The summed E-state index contributed by atoms with van der Waals surface area (Å²) in [5.74, 6) is -6.08. The molecule has 0 aliphatic carbocycles. The fourth-order valence-electron chi connectivity index (χ4n) is 0.882. The maximum Gasteiger partial charge on any atom is 0.409 e. The lowest BCUT2D eigenvalue weighted by molar-refractivity contribution is -0.274. The van der Waals surface area contributed by atoms with Gasteiger partial charge >= 0.3 is 12.4 Å². The Labute approximate surface area is 87.3 Å². The molecule has 0 aromatic carbocycles. The Morgan fingerprint density at radius 2 is 1.62 bits per heavy atom. The van der Waals surface area contributed by atoms with Gasteiger partial charge in [-0.3, -0.25) is 4.79 Å². The van der Waals surface area contributed by atoms with Crippen LogP contribution in [0.5, 0.6) is 0 Å². The number of carbonyl (C=O) groups is 1. The first-order chi connectivity index (χ1) is 7.10. The van der Waals surface area contributed by atoms with Crippen LogP contribution >= 0.6 is 0 Å². The zero-order valence-electron chi connectivity index (χ0n) is 7.95. The topological polar surface area (TPSA) is 29.1 Å². The maximum atomic E-state index is 12.0. The van der Waals surface area contributed by atoms with Crippen molar-refractivity contribution in [2.75, 3.05) is 6.54 Å². The van der Waals surface area contributed by atoms with E-state index in [-0.39, 0.29) is 13.0 Å². The van der Waals surface area contributed by atoms with E-state index >= 15 is 0 Å². The molecule has 8 heteroatoms. The summed E-state index contributed by atoms with van der Waals surface area (Å²) >= 11 is 0. The van der Waals surface area contributed by atoms with E-state index in [1.54, 1.807) is 5.32 Å². The minimum Gasteiger partial charge on any atom is -0.355 e. The smallest absolute Gasteiger partial charge is 0.355 e. The average molecular weight is 249 g/mol. The number of hydrogen-bond acceptors (Lipinski definition) is 1. The number of carbonyl (C=O) groups excluding carboxylic acids is 1. The molecule has 0 rings (SSSR count). The van der Waals surface area contributed by atoms with Crippen LogP contribution in [0.2, 0.25) is 0 Å². The lowest BCUT2D eigenvalue weighted by atomic mass is 10.1. The highest BCUT2D eigenvalue weighted by Gasteiger charge is 2.60. The molecule has 0 bridgehead atoms. The number of halogens is 6. The van der Waals surface area contributed by atoms with Crippen LogP contribution in [0.25, 0.3) is 0 Å². The molecule has 0 unspecified atom stereocenters. The minimum absolute atomic E-state index is 0.0914. The third kappa shape index (κ3) is 4.54. The van der Waals surface area contributed by atoms with E-state index in [1.165, 1.54) is 6.08 Å². The molecule has 0 saturated carbocycles. The van der Waals surface area contributed by atoms with Crippen molar-refractivity contribution in [2.24, 2.45) is 5.92 Å². The molecule has 16 heavy (non-hydrogen) atoms. The molecule has 0 aliphatic heterocycles. The van der Waals surface area contributed by atoms with Crippen LogP contribution in [0.4, 0.5) is 26.3 Å². The molecule has 0 heterocycles. The number of amides is 1. The Morgan fingerprint density at radius 3 is 1.94 bits per heavy atom. The van der Waals surface area contributed by atoms with Crippen LogP contribution in [0.1, 0.15) is 6.42 Å². The van der Waals surface area contributed by atoms with Crippen molar-refractivity contribution in [3.8, 4) is 0 Å². The summed E-state index contributed by atoms with van der Waals surface area (Å²) in [7, 11) is 0. The van der Waals surface area contributed by atoms with E-state index in [0.29, 0.717) is 0 Å². The van der Waals surface area contributed by atoms with Crippen molar-refractivity contribution < 1.29 is 31.1 Å². The summed E-state index contributed by atoms with van der Waals surface area (Å²) in [5, 5.41) is 1.55. The summed E-state index contributed by atoms with van der Waals surface area (Å²) in [6.07, 6.45) is -9.93. The zero-order valence-corrected chi connectivity index (χ0v) is 7.95. The van der Waals surface area contributed by atoms with E-state index in [9.17, 15) is 31.1 Å². The van der Waals surface area contributed by atoms with Crippen LogP contribution in [0, 0.1) is 5.92 Å². The highest BCUT2D eigenvalue weighted by molar-refractivity contribution is 5.80. The van der Waals surface area contributed by atoms with Gasteiger partial charge < -0.3 is 5.32 Å². The third-order valence-corrected chi connectivity index (χ3v) is 1.56. The second-order valence-corrected chi connectivity index (χ2v) is 2.88. The van der Waals surface area contributed by atoms with E-state index in [0.717, 1.165) is 0 Å². The van der Waals surface area contributed by atoms with Gasteiger partial charge in [-0.05, 0) is 6.42 Å². The summed E-state index contributed by atoms with van der Waals surface area (Å²) in [5.41, 5.74) is 0. The van der Waals surface area contributed by atoms with Gasteiger partial charge in [0.05, 0.1) is 0 Å². The number of nitrogens with one attached hydrogen (secondary N) is 1. The summed E-state index contributed by atoms with van der Waals surface area (Å²) < 4.78 is 71.8. The second kappa shape index (κ2) is 5.22. The normalized spacial score (nSPS) is 12.7. The van der Waals surface area contributed by atoms with Gasteiger partial charge in [-0.25, -0.2) is 0 Å². The highest BCUT2D eigenvalue weighted by atomic mass is 19.4. The molecular formula is C8H9F6NO. The SMILES string of the molecule is C=CCCNC(=O)C(C(F)(F)F)C(F)(F)F. The first kappa shape index (κ1) is 14.8. The molecule has 0 fully saturated rings. The quantitative estimate of drug-likeness (QED) is 0.462. The van der Waals surface area contributed by atoms with Crippen LogP contribution in [0.15, 0.2) is 12.7 Å². The maximum absolute atomic E-state index is 12.0. The van der Waals surface area contributed by atoms with Crippen LogP contribution in [0.3, 0.4) is 0 Å². The average Bonchev–Trinajstić information content (AvgIpc) is 1.98. The molecule has 94 valence electrons. The van der Waals surface area contributed by atoms with Gasteiger partial charge in [-0.1, -0.05) is 6.08 Å². The monoisotopic (exact) mass is 249 g/mol. The Bertz CT molecular complexity index is 242. The van der Waals surface area contributed by atoms with Gasteiger partial charge in [-0.15, -0.1) is 6.58 Å². The molecule has 0 aromatic heterocycles. The predicted molar refractivity (Wildman–Crippen MR) is 43.4 cm³/mol. The predicted octanol–water partition coefficient (Wildman–Crippen LogP) is 2.42. The molecule has 1 amide bonds. The van der Waals surface area contributed by atoms with Gasteiger partial charge in [-0.2, -0.15) is 26.3 Å². The Hall–Kier alpha value is -1.21. The van der Waals surface area contributed by atoms with Crippen molar-refractivity contribution in [1.29, 1.82) is 0 Å². The molecule has 0 saturated heterocycles. The largest absolute Gasteiger partial charge is 0.409 e. The standard InChI is InChI=1S/C8H9F6NO/c1-2-3-4-15-6(16)5(7(9,10)11)8(12,13)14/h2,5H,1,3-4H2,(H,15,16). The first-order valence-electron chi connectivity index (χ1n) is 4.12. The molecule has 0 atom stereocenters. The fraction of sp³-hybridized carbons (Fsp3) is 0.625.